The molecule has 4 nitrogen and oxygen atoms in total. The second-order valence-electron chi connectivity index (χ2n) is 4.06. The molecule has 4 heteroatoms. The Balaban J connectivity index is 2.22. The number of ketones is 1. The molecule has 1 saturated heterocycles. The quantitative estimate of drug-likeness (QED) is 0.692. The second-order valence-corrected chi connectivity index (χ2v) is 4.06. The molecule has 0 aliphatic carbocycles. The number of hydrogen-bond donors (Lipinski definition) is 1. The molecule has 0 bridgehead atoms. The minimum atomic E-state index is 0.0258. The van der Waals surface area contributed by atoms with Crippen LogP contribution in [0.2, 0.25) is 0 Å². The first-order valence-corrected chi connectivity index (χ1v) is 5.65. The highest BCUT2D eigenvalue weighted by Gasteiger charge is 2.16. The van der Waals surface area contributed by atoms with Crippen LogP contribution < -0.4 is 0 Å². The van der Waals surface area contributed by atoms with Gasteiger partial charge in [-0.2, -0.15) is 0 Å². The molecular formula is C11H21NO3. The third-order valence-electron chi connectivity index (χ3n) is 2.95. The van der Waals surface area contributed by atoms with E-state index < -0.39 is 0 Å². The molecule has 1 unspecified atom stereocenters. The number of carbonyl (C=O) groups is 1. The van der Waals surface area contributed by atoms with Crippen LogP contribution in [-0.4, -0.2) is 55.2 Å². The van der Waals surface area contributed by atoms with Gasteiger partial charge in [0.05, 0.1) is 13.2 Å². The Morgan fingerprint density at radius 1 is 1.40 bits per heavy atom. The summed E-state index contributed by atoms with van der Waals surface area (Å²) < 4.78 is 5.25. The van der Waals surface area contributed by atoms with Crippen molar-refractivity contribution in [2.45, 2.75) is 19.8 Å². The number of carbonyl (C=O) groups excluding carboxylic acids is 1. The van der Waals surface area contributed by atoms with Gasteiger partial charge in [-0.1, -0.05) is 0 Å². The maximum atomic E-state index is 11.3. The lowest BCUT2D eigenvalue weighted by atomic mass is 9.97. The lowest BCUT2D eigenvalue weighted by Crippen LogP contribution is -2.37. The highest BCUT2D eigenvalue weighted by molar-refractivity contribution is 5.78. The van der Waals surface area contributed by atoms with Crippen molar-refractivity contribution in [3.63, 3.8) is 0 Å². The molecule has 0 aromatic heterocycles. The molecular weight excluding hydrogens is 194 g/mol. The molecule has 1 aliphatic heterocycles. The van der Waals surface area contributed by atoms with Crippen molar-refractivity contribution < 1.29 is 14.6 Å². The van der Waals surface area contributed by atoms with Crippen LogP contribution in [-0.2, 0) is 9.53 Å². The van der Waals surface area contributed by atoms with E-state index in [0.717, 1.165) is 39.3 Å². The molecule has 0 aromatic carbocycles. The number of hydrogen-bond acceptors (Lipinski definition) is 4. The third kappa shape index (κ3) is 4.73. The first-order valence-electron chi connectivity index (χ1n) is 5.65. The van der Waals surface area contributed by atoms with Crippen LogP contribution in [0.3, 0.4) is 0 Å². The topological polar surface area (TPSA) is 49.8 Å². The van der Waals surface area contributed by atoms with Crippen molar-refractivity contribution in [2.24, 2.45) is 5.92 Å². The summed E-state index contributed by atoms with van der Waals surface area (Å²) >= 11 is 0. The van der Waals surface area contributed by atoms with Crippen LogP contribution in [0.4, 0.5) is 0 Å². The van der Waals surface area contributed by atoms with Crippen molar-refractivity contribution in [3.05, 3.63) is 0 Å². The van der Waals surface area contributed by atoms with E-state index in [1.54, 1.807) is 6.92 Å². The second kappa shape index (κ2) is 6.93. The van der Waals surface area contributed by atoms with Gasteiger partial charge in [0.15, 0.2) is 0 Å². The zero-order chi connectivity index (χ0) is 11.1. The average Bonchev–Trinajstić information content (AvgIpc) is 2.25. The summed E-state index contributed by atoms with van der Waals surface area (Å²) in [6.07, 6.45) is 1.45. The van der Waals surface area contributed by atoms with E-state index >= 15 is 0 Å². The molecule has 0 saturated carbocycles. The molecule has 15 heavy (non-hydrogen) atoms. The zero-order valence-electron chi connectivity index (χ0n) is 9.45. The number of nitrogens with zero attached hydrogens (tertiary/aromatic N) is 1. The van der Waals surface area contributed by atoms with E-state index in [9.17, 15) is 4.79 Å². The number of ether oxygens (including phenoxy) is 1. The Kier molecular flexibility index (Phi) is 5.83. The lowest BCUT2D eigenvalue weighted by molar-refractivity contribution is -0.121. The van der Waals surface area contributed by atoms with Crippen LogP contribution in [0, 0.1) is 5.92 Å². The van der Waals surface area contributed by atoms with Crippen LogP contribution in [0.25, 0.3) is 0 Å². The van der Waals surface area contributed by atoms with Gasteiger partial charge in [-0.05, 0) is 26.3 Å². The molecule has 0 aromatic rings. The molecule has 1 fully saturated rings. The van der Waals surface area contributed by atoms with Gasteiger partial charge in [0, 0.05) is 25.6 Å². The molecule has 1 aliphatic rings. The molecule has 88 valence electrons. The fraction of sp³-hybridized carbons (Fsp3) is 0.909. The summed E-state index contributed by atoms with van der Waals surface area (Å²) in [4.78, 5) is 13.6. The molecule has 0 radical (unpaired) electrons. The number of rotatable bonds is 6. The maximum Gasteiger partial charge on any atom is 0.133 e. The molecule has 1 N–H and O–H groups in total. The van der Waals surface area contributed by atoms with Gasteiger partial charge in [-0.15, -0.1) is 0 Å². The smallest absolute Gasteiger partial charge is 0.133 e. The first kappa shape index (κ1) is 12.6. The Bertz CT molecular complexity index is 190. The van der Waals surface area contributed by atoms with Gasteiger partial charge < -0.3 is 9.84 Å². The summed E-state index contributed by atoms with van der Waals surface area (Å²) in [6, 6.07) is 0. The average molecular weight is 215 g/mol. The summed E-state index contributed by atoms with van der Waals surface area (Å²) in [7, 11) is 0. The predicted octanol–water partition coefficient (Wildman–Crippen LogP) is 0.296. The van der Waals surface area contributed by atoms with Gasteiger partial charge >= 0.3 is 0 Å². The SMILES string of the molecule is CC(=O)C(CCO)CCN1CCOCC1. The molecule has 0 amide bonds. The monoisotopic (exact) mass is 215 g/mol. The van der Waals surface area contributed by atoms with Crippen molar-refractivity contribution in [1.29, 1.82) is 0 Å². The summed E-state index contributed by atoms with van der Waals surface area (Å²) in [5.74, 6) is 0.218. The number of aliphatic hydroxyl groups excluding tert-OH is 1. The van der Waals surface area contributed by atoms with E-state index in [-0.39, 0.29) is 18.3 Å². The fourth-order valence-electron chi connectivity index (χ4n) is 1.87. The third-order valence-corrected chi connectivity index (χ3v) is 2.95. The minimum absolute atomic E-state index is 0.0258. The largest absolute Gasteiger partial charge is 0.396 e. The van der Waals surface area contributed by atoms with Crippen LogP contribution in [0.5, 0.6) is 0 Å². The molecule has 1 atom stereocenters. The van der Waals surface area contributed by atoms with Crippen molar-refractivity contribution in [3.8, 4) is 0 Å². The Morgan fingerprint density at radius 2 is 2.07 bits per heavy atom. The Hall–Kier alpha value is -0.450. The Morgan fingerprint density at radius 3 is 2.60 bits per heavy atom. The highest BCUT2D eigenvalue weighted by atomic mass is 16.5. The molecule has 1 heterocycles. The van der Waals surface area contributed by atoms with Crippen LogP contribution >= 0.6 is 0 Å². The van der Waals surface area contributed by atoms with E-state index in [2.05, 4.69) is 4.90 Å². The molecule has 1 rings (SSSR count). The van der Waals surface area contributed by atoms with Gasteiger partial charge in [-0.3, -0.25) is 9.69 Å². The first-order chi connectivity index (χ1) is 7.24. The summed E-state index contributed by atoms with van der Waals surface area (Å²) in [5.41, 5.74) is 0. The summed E-state index contributed by atoms with van der Waals surface area (Å²) in [6.45, 7) is 6.17. The summed E-state index contributed by atoms with van der Waals surface area (Å²) in [5, 5.41) is 8.84. The minimum Gasteiger partial charge on any atom is -0.396 e. The van der Waals surface area contributed by atoms with Crippen molar-refractivity contribution in [1.82, 2.24) is 4.90 Å². The lowest BCUT2D eigenvalue weighted by Gasteiger charge is -2.27. The number of morpholine rings is 1. The van der Waals surface area contributed by atoms with E-state index in [4.69, 9.17) is 9.84 Å². The van der Waals surface area contributed by atoms with E-state index in [0.29, 0.717) is 6.42 Å². The number of Topliss-reactive ketones (excluding diaryl/α,β-unsaturated/α-hetero) is 1. The van der Waals surface area contributed by atoms with Crippen LogP contribution in [0.1, 0.15) is 19.8 Å². The van der Waals surface area contributed by atoms with Gasteiger partial charge in [0.2, 0.25) is 0 Å². The van der Waals surface area contributed by atoms with E-state index in [1.807, 2.05) is 0 Å². The Labute approximate surface area is 91.2 Å². The highest BCUT2D eigenvalue weighted by Crippen LogP contribution is 2.11. The van der Waals surface area contributed by atoms with E-state index in [1.165, 1.54) is 0 Å². The van der Waals surface area contributed by atoms with Gasteiger partial charge in [-0.25, -0.2) is 0 Å². The van der Waals surface area contributed by atoms with Crippen LogP contribution in [0.15, 0.2) is 0 Å². The normalized spacial score (nSPS) is 20.1. The fourth-order valence-corrected chi connectivity index (χ4v) is 1.87. The van der Waals surface area contributed by atoms with Gasteiger partial charge in [0.25, 0.3) is 0 Å². The van der Waals surface area contributed by atoms with Gasteiger partial charge in [0.1, 0.15) is 5.78 Å². The maximum absolute atomic E-state index is 11.3. The predicted molar refractivity (Wildman–Crippen MR) is 57.7 cm³/mol. The van der Waals surface area contributed by atoms with Crippen molar-refractivity contribution >= 4 is 5.78 Å². The standard InChI is InChI=1S/C11H21NO3/c1-10(14)11(3-7-13)2-4-12-5-8-15-9-6-12/h11,13H,2-9H2,1H3. The zero-order valence-corrected chi connectivity index (χ0v) is 9.45. The molecule has 0 spiro atoms. The van der Waals surface area contributed by atoms with Crippen molar-refractivity contribution in [2.75, 3.05) is 39.5 Å². The number of aliphatic hydroxyl groups is 1.